The molecule has 1 aromatic heterocycles. The first kappa shape index (κ1) is 30.8. The largest absolute Gasteiger partial charge is 0.460 e. The number of hydrogen-bond donors (Lipinski definition) is 1. The fourth-order valence-electron chi connectivity index (χ4n) is 4.46. The summed E-state index contributed by atoms with van der Waals surface area (Å²) in [7, 11) is -2.11. The summed E-state index contributed by atoms with van der Waals surface area (Å²) in [5, 5.41) is 15.7. The molecule has 0 amide bonds. The topological polar surface area (TPSA) is 113 Å². The van der Waals surface area contributed by atoms with Gasteiger partial charge in [-0.1, -0.05) is 39.0 Å². The van der Waals surface area contributed by atoms with Gasteiger partial charge >= 0.3 is 17.8 Å². The standard InChI is InChI=1S/C29H32F3N5O4Si/c1-18-23(25(38)40-14-15-41-42(5,6)28(2,3)4)24(20-12-10-19(17-33)11-13-20)37-26(34-35-27(37)39)36(18)22-9-7-8-21(16-22)29(30,31)32/h7-13,16,24H,14-15H2,1-6H3,(H,35,39)/t24-/m1/s1. The zero-order valence-corrected chi connectivity index (χ0v) is 25.2. The van der Waals surface area contributed by atoms with Crippen LogP contribution in [0.1, 0.15) is 50.4 Å². The number of rotatable bonds is 7. The molecule has 1 N–H and O–H groups in total. The maximum Gasteiger partial charge on any atom is 0.416 e. The monoisotopic (exact) mass is 599 g/mol. The summed E-state index contributed by atoms with van der Waals surface area (Å²) >= 11 is 0. The number of nitrogens with one attached hydrogen (secondary N) is 1. The third kappa shape index (κ3) is 5.91. The molecule has 2 aromatic carbocycles. The smallest absolute Gasteiger partial charge is 0.416 e. The number of ether oxygens (including phenoxy) is 1. The van der Waals surface area contributed by atoms with Crippen molar-refractivity contribution in [3.05, 3.63) is 87.0 Å². The molecule has 1 aliphatic heterocycles. The van der Waals surface area contributed by atoms with Gasteiger partial charge in [0.2, 0.25) is 5.95 Å². The van der Waals surface area contributed by atoms with Crippen LogP contribution in [0.5, 0.6) is 0 Å². The predicted octanol–water partition coefficient (Wildman–Crippen LogP) is 6.04. The SMILES string of the molecule is CC1=C(C(=O)OCCO[Si](C)(C)C(C)(C)C)[C@@H](c2ccc(C#N)cc2)n2c(n[nH]c2=O)N1c1cccc(C(F)(F)F)c1. The van der Waals surface area contributed by atoms with Crippen LogP contribution in [0.2, 0.25) is 18.1 Å². The molecule has 42 heavy (non-hydrogen) atoms. The first-order valence-electron chi connectivity index (χ1n) is 13.2. The van der Waals surface area contributed by atoms with Gasteiger partial charge in [0.25, 0.3) is 0 Å². The molecule has 0 aliphatic carbocycles. The van der Waals surface area contributed by atoms with Gasteiger partial charge in [0.15, 0.2) is 8.32 Å². The van der Waals surface area contributed by atoms with Crippen LogP contribution in [0, 0.1) is 11.3 Å². The Balaban J connectivity index is 1.80. The van der Waals surface area contributed by atoms with Crippen LogP contribution in [0.3, 0.4) is 0 Å². The maximum absolute atomic E-state index is 13.8. The second-order valence-corrected chi connectivity index (χ2v) is 16.3. The van der Waals surface area contributed by atoms with Gasteiger partial charge in [0, 0.05) is 11.4 Å². The highest BCUT2D eigenvalue weighted by molar-refractivity contribution is 6.74. The van der Waals surface area contributed by atoms with Crippen LogP contribution in [-0.4, -0.2) is 42.3 Å². The number of fused-ring (bicyclic) bond motifs is 1. The number of anilines is 2. The normalized spacial score (nSPS) is 15.8. The lowest BCUT2D eigenvalue weighted by Crippen LogP contribution is -2.42. The summed E-state index contributed by atoms with van der Waals surface area (Å²) in [5.74, 6) is -0.777. The molecular formula is C29H32F3N5O4Si. The highest BCUT2D eigenvalue weighted by Crippen LogP contribution is 2.43. The second-order valence-electron chi connectivity index (χ2n) is 11.5. The fourth-order valence-corrected chi connectivity index (χ4v) is 5.48. The number of carbonyl (C=O) groups excluding carboxylic acids is 1. The third-order valence-electron chi connectivity index (χ3n) is 7.74. The molecule has 0 spiro atoms. The number of carbonyl (C=O) groups is 1. The van der Waals surface area contributed by atoms with Gasteiger partial charge in [-0.05, 0) is 61.0 Å². The molecule has 0 unspecified atom stereocenters. The summed E-state index contributed by atoms with van der Waals surface area (Å²) in [6.07, 6.45) is -4.62. The van der Waals surface area contributed by atoms with Crippen molar-refractivity contribution in [3.8, 4) is 6.07 Å². The molecule has 9 nitrogen and oxygen atoms in total. The lowest BCUT2D eigenvalue weighted by molar-refractivity contribution is -0.140. The van der Waals surface area contributed by atoms with E-state index in [-0.39, 0.29) is 41.2 Å². The quantitative estimate of drug-likeness (QED) is 0.200. The van der Waals surface area contributed by atoms with Crippen LogP contribution < -0.4 is 10.6 Å². The molecule has 13 heteroatoms. The molecule has 1 atom stereocenters. The van der Waals surface area contributed by atoms with Crippen LogP contribution in [-0.2, 0) is 20.1 Å². The van der Waals surface area contributed by atoms with Crippen molar-refractivity contribution in [2.45, 2.75) is 58.0 Å². The Morgan fingerprint density at radius 1 is 1.12 bits per heavy atom. The lowest BCUT2D eigenvalue weighted by atomic mass is 9.93. The number of esters is 1. The Labute approximate surface area is 242 Å². The average Bonchev–Trinajstić information content (AvgIpc) is 3.30. The van der Waals surface area contributed by atoms with Gasteiger partial charge in [0.1, 0.15) is 12.6 Å². The molecule has 1 aliphatic rings. The van der Waals surface area contributed by atoms with E-state index in [2.05, 4.69) is 44.1 Å². The van der Waals surface area contributed by atoms with Crippen LogP contribution in [0.15, 0.2) is 64.6 Å². The van der Waals surface area contributed by atoms with Gasteiger partial charge in [0.05, 0.1) is 29.4 Å². The van der Waals surface area contributed by atoms with E-state index in [4.69, 9.17) is 9.16 Å². The van der Waals surface area contributed by atoms with Crippen molar-refractivity contribution >= 4 is 25.9 Å². The highest BCUT2D eigenvalue weighted by atomic mass is 28.4. The number of nitriles is 1. The first-order valence-corrected chi connectivity index (χ1v) is 16.1. The van der Waals surface area contributed by atoms with E-state index < -0.39 is 37.8 Å². The van der Waals surface area contributed by atoms with Crippen LogP contribution in [0.4, 0.5) is 24.8 Å². The minimum absolute atomic E-state index is 0.0102. The van der Waals surface area contributed by atoms with E-state index >= 15 is 0 Å². The Morgan fingerprint density at radius 3 is 2.38 bits per heavy atom. The lowest BCUT2D eigenvalue weighted by Gasteiger charge is -2.36. The Kier molecular flexibility index (Phi) is 8.26. The van der Waals surface area contributed by atoms with Gasteiger partial charge in [-0.2, -0.15) is 18.4 Å². The molecule has 2 heterocycles. The van der Waals surface area contributed by atoms with E-state index in [1.165, 1.54) is 21.6 Å². The van der Waals surface area contributed by atoms with Crippen molar-refractivity contribution in [1.82, 2.24) is 14.8 Å². The molecule has 3 aromatic rings. The van der Waals surface area contributed by atoms with E-state index in [0.717, 1.165) is 12.1 Å². The summed E-state index contributed by atoms with van der Waals surface area (Å²) < 4.78 is 53.8. The summed E-state index contributed by atoms with van der Waals surface area (Å²) in [4.78, 5) is 28.2. The molecule has 0 fully saturated rings. The molecule has 4 rings (SSSR count). The zero-order valence-electron chi connectivity index (χ0n) is 24.2. The number of halogens is 3. The number of hydrogen-bond acceptors (Lipinski definition) is 7. The van der Waals surface area contributed by atoms with Crippen LogP contribution in [0.25, 0.3) is 0 Å². The highest BCUT2D eigenvalue weighted by Gasteiger charge is 2.41. The Bertz CT molecular complexity index is 1610. The zero-order chi connectivity index (χ0) is 31.0. The average molecular weight is 600 g/mol. The Morgan fingerprint density at radius 2 is 1.79 bits per heavy atom. The molecular weight excluding hydrogens is 567 g/mol. The maximum atomic E-state index is 13.8. The van der Waals surface area contributed by atoms with Gasteiger partial charge < -0.3 is 9.16 Å². The van der Waals surface area contributed by atoms with Gasteiger partial charge in [-0.3, -0.25) is 4.90 Å². The number of benzene rings is 2. The number of aromatic amines is 1. The van der Waals surface area contributed by atoms with E-state index in [0.29, 0.717) is 11.1 Å². The van der Waals surface area contributed by atoms with Crippen molar-refractivity contribution in [2.75, 3.05) is 18.1 Å². The van der Waals surface area contributed by atoms with E-state index in [9.17, 15) is 28.0 Å². The van der Waals surface area contributed by atoms with Crippen molar-refractivity contribution < 1.29 is 27.1 Å². The Hall–Kier alpha value is -4.15. The third-order valence-corrected chi connectivity index (χ3v) is 12.3. The molecule has 0 saturated carbocycles. The van der Waals surface area contributed by atoms with Gasteiger partial charge in [-0.25, -0.2) is 19.3 Å². The van der Waals surface area contributed by atoms with Crippen LogP contribution >= 0.6 is 0 Å². The second kappa shape index (κ2) is 11.3. The summed E-state index contributed by atoms with van der Waals surface area (Å²) in [6.45, 7) is 12.1. The van der Waals surface area contributed by atoms with Gasteiger partial charge in [-0.15, -0.1) is 5.10 Å². The fraction of sp³-hybridized carbons (Fsp3) is 0.379. The molecule has 0 saturated heterocycles. The number of alkyl halides is 3. The number of H-pyrrole nitrogens is 1. The molecule has 0 bridgehead atoms. The van der Waals surface area contributed by atoms with E-state index in [1.807, 2.05) is 6.07 Å². The minimum Gasteiger partial charge on any atom is -0.460 e. The number of allylic oxidation sites excluding steroid dienone is 1. The minimum atomic E-state index is -4.62. The summed E-state index contributed by atoms with van der Waals surface area (Å²) in [5.41, 5.74) is -0.439. The number of nitrogens with zero attached hydrogens (tertiary/aromatic N) is 4. The number of aromatic nitrogens is 3. The summed E-state index contributed by atoms with van der Waals surface area (Å²) in [6, 6.07) is 11.8. The van der Waals surface area contributed by atoms with E-state index in [1.54, 1.807) is 31.2 Å². The van der Waals surface area contributed by atoms with Crippen molar-refractivity contribution in [1.29, 1.82) is 5.26 Å². The first-order chi connectivity index (χ1) is 19.6. The van der Waals surface area contributed by atoms with Crippen molar-refractivity contribution in [2.24, 2.45) is 0 Å². The molecule has 222 valence electrons. The predicted molar refractivity (Wildman–Crippen MR) is 153 cm³/mol. The molecule has 0 radical (unpaired) electrons. The van der Waals surface area contributed by atoms with Crippen molar-refractivity contribution in [3.63, 3.8) is 0 Å².